The van der Waals surface area contributed by atoms with Crippen LogP contribution in [0.3, 0.4) is 0 Å². The molecule has 2 amide bonds. The standard InChI is InChI=1S/C24H33N3O2S/c1-14-13-25-22(30-14)27-21(29)12-15-4-6-17-16-5-7-19-24(3,11-9-20(28)26-19)18(16)8-10-23(15,17)2/h9,11,13,15-19H,4-8,10,12H2,1-3H3,(H,26,28)(H,25,27,29)/t15-,16+,17+,18+,19-,23-,24-/m1/s1. The summed E-state index contributed by atoms with van der Waals surface area (Å²) in [6.45, 7) is 6.83. The maximum absolute atomic E-state index is 12.8. The summed E-state index contributed by atoms with van der Waals surface area (Å²) in [5.74, 6) is 2.68. The van der Waals surface area contributed by atoms with Gasteiger partial charge in [-0.2, -0.15) is 0 Å². The van der Waals surface area contributed by atoms with Crippen LogP contribution in [0.5, 0.6) is 0 Å². The number of carbonyl (C=O) groups is 2. The topological polar surface area (TPSA) is 71.1 Å². The van der Waals surface area contributed by atoms with Gasteiger partial charge in [-0.15, -0.1) is 11.3 Å². The Labute approximate surface area is 183 Å². The number of rotatable bonds is 3. The van der Waals surface area contributed by atoms with Crippen molar-refractivity contribution in [2.75, 3.05) is 5.32 Å². The van der Waals surface area contributed by atoms with Gasteiger partial charge in [0.1, 0.15) is 0 Å². The highest BCUT2D eigenvalue weighted by molar-refractivity contribution is 7.15. The van der Waals surface area contributed by atoms with Crippen LogP contribution in [0.1, 0.15) is 63.7 Å². The van der Waals surface area contributed by atoms with Gasteiger partial charge in [0.15, 0.2) is 5.13 Å². The molecule has 2 N–H and O–H groups in total. The molecule has 1 aliphatic heterocycles. The maximum Gasteiger partial charge on any atom is 0.243 e. The summed E-state index contributed by atoms with van der Waals surface area (Å²) >= 11 is 1.54. The number of anilines is 1. The number of nitrogens with zero attached hydrogens (tertiary/aromatic N) is 1. The molecular formula is C24H33N3O2S. The average molecular weight is 428 g/mol. The van der Waals surface area contributed by atoms with Gasteiger partial charge in [-0.25, -0.2) is 4.98 Å². The highest BCUT2D eigenvalue weighted by atomic mass is 32.1. The quantitative estimate of drug-likeness (QED) is 0.735. The van der Waals surface area contributed by atoms with Gasteiger partial charge in [-0.1, -0.05) is 19.9 Å². The fourth-order valence-corrected chi connectivity index (χ4v) is 8.26. The summed E-state index contributed by atoms with van der Waals surface area (Å²) in [4.78, 5) is 30.0. The molecule has 5 rings (SSSR count). The first kappa shape index (κ1) is 20.2. The van der Waals surface area contributed by atoms with E-state index in [1.165, 1.54) is 25.7 Å². The lowest BCUT2D eigenvalue weighted by molar-refractivity contribution is -0.123. The van der Waals surface area contributed by atoms with E-state index < -0.39 is 0 Å². The molecule has 0 aromatic carbocycles. The van der Waals surface area contributed by atoms with E-state index >= 15 is 0 Å². The largest absolute Gasteiger partial charge is 0.349 e. The zero-order chi connectivity index (χ0) is 21.1. The van der Waals surface area contributed by atoms with Crippen molar-refractivity contribution in [3.05, 3.63) is 23.2 Å². The monoisotopic (exact) mass is 427 g/mol. The molecule has 5 nitrogen and oxygen atoms in total. The van der Waals surface area contributed by atoms with Crippen LogP contribution in [0, 0.1) is 41.4 Å². The van der Waals surface area contributed by atoms with Crippen LogP contribution in [-0.4, -0.2) is 22.8 Å². The third-order valence-electron chi connectivity index (χ3n) is 9.18. The number of hydrogen-bond donors (Lipinski definition) is 2. The lowest BCUT2D eigenvalue weighted by Gasteiger charge is -2.59. The van der Waals surface area contributed by atoms with Crippen LogP contribution >= 0.6 is 11.3 Å². The SMILES string of the molecule is Cc1cnc(NC(=O)C[C@H]2CC[C@H]3[C@@H]4CC[C@H]5NC(=O)C=C[C@]5(C)[C@H]4CC[C@]23C)s1. The van der Waals surface area contributed by atoms with Gasteiger partial charge in [-0.05, 0) is 80.6 Å². The normalized spacial score (nSPS) is 42.1. The van der Waals surface area contributed by atoms with Crippen molar-refractivity contribution in [2.45, 2.75) is 71.8 Å². The molecule has 0 saturated heterocycles. The highest BCUT2D eigenvalue weighted by Gasteiger charge is 2.59. The number of hydrogen-bond acceptors (Lipinski definition) is 4. The van der Waals surface area contributed by atoms with E-state index in [0.29, 0.717) is 30.1 Å². The summed E-state index contributed by atoms with van der Waals surface area (Å²) in [5, 5.41) is 6.98. The van der Waals surface area contributed by atoms with E-state index in [9.17, 15) is 9.59 Å². The predicted octanol–water partition coefficient (Wildman–Crippen LogP) is 4.69. The first-order valence-electron chi connectivity index (χ1n) is 11.5. The Kier molecular flexibility index (Phi) is 4.84. The zero-order valence-electron chi connectivity index (χ0n) is 18.2. The average Bonchev–Trinajstić information content (AvgIpc) is 3.25. The lowest BCUT2D eigenvalue weighted by Crippen LogP contribution is -2.59. The van der Waals surface area contributed by atoms with E-state index in [4.69, 9.17) is 0 Å². The second kappa shape index (κ2) is 7.18. The van der Waals surface area contributed by atoms with Crippen LogP contribution in [0.2, 0.25) is 0 Å². The van der Waals surface area contributed by atoms with Gasteiger partial charge in [0.25, 0.3) is 0 Å². The Bertz CT molecular complexity index is 895. The molecule has 1 aromatic rings. The minimum Gasteiger partial charge on any atom is -0.349 e. The molecule has 0 bridgehead atoms. The van der Waals surface area contributed by atoms with Gasteiger partial charge in [-0.3, -0.25) is 9.59 Å². The third kappa shape index (κ3) is 3.14. The summed E-state index contributed by atoms with van der Waals surface area (Å²) in [6.07, 6.45) is 13.5. The molecule has 30 heavy (non-hydrogen) atoms. The van der Waals surface area contributed by atoms with E-state index in [0.717, 1.165) is 22.9 Å². The molecule has 3 aliphatic carbocycles. The molecule has 0 radical (unpaired) electrons. The van der Waals surface area contributed by atoms with E-state index in [-0.39, 0.29) is 28.7 Å². The Balaban J connectivity index is 1.31. The fourth-order valence-electron chi connectivity index (χ4n) is 7.58. The van der Waals surface area contributed by atoms with Crippen molar-refractivity contribution in [3.63, 3.8) is 0 Å². The van der Waals surface area contributed by atoms with Crippen molar-refractivity contribution < 1.29 is 9.59 Å². The number of carbonyl (C=O) groups excluding carboxylic acids is 2. The number of thiazole rings is 1. The Morgan fingerprint density at radius 1 is 1.23 bits per heavy atom. The van der Waals surface area contributed by atoms with Gasteiger partial charge in [0.2, 0.25) is 11.8 Å². The Morgan fingerprint density at radius 2 is 2.07 bits per heavy atom. The first-order chi connectivity index (χ1) is 14.3. The highest BCUT2D eigenvalue weighted by Crippen LogP contribution is 2.65. The van der Waals surface area contributed by atoms with E-state index in [1.807, 2.05) is 13.1 Å². The minimum atomic E-state index is 0.0685. The summed E-state index contributed by atoms with van der Waals surface area (Å²) < 4.78 is 0. The van der Waals surface area contributed by atoms with Crippen molar-refractivity contribution in [3.8, 4) is 0 Å². The summed E-state index contributed by atoms with van der Waals surface area (Å²) in [6, 6.07) is 0.283. The van der Waals surface area contributed by atoms with Gasteiger partial charge >= 0.3 is 0 Å². The molecule has 1 aromatic heterocycles. The number of fused-ring (bicyclic) bond motifs is 5. The van der Waals surface area contributed by atoms with Crippen LogP contribution in [-0.2, 0) is 9.59 Å². The molecule has 3 saturated carbocycles. The summed E-state index contributed by atoms with van der Waals surface area (Å²) in [7, 11) is 0. The molecular weight excluding hydrogens is 394 g/mol. The molecule has 2 heterocycles. The van der Waals surface area contributed by atoms with E-state index in [1.54, 1.807) is 17.4 Å². The maximum atomic E-state index is 12.8. The van der Waals surface area contributed by atoms with Crippen LogP contribution in [0.25, 0.3) is 0 Å². The third-order valence-corrected chi connectivity index (χ3v) is 10.0. The van der Waals surface area contributed by atoms with Crippen molar-refractivity contribution in [1.29, 1.82) is 0 Å². The Hall–Kier alpha value is -1.69. The first-order valence-corrected chi connectivity index (χ1v) is 12.3. The van der Waals surface area contributed by atoms with E-state index in [2.05, 4.69) is 35.5 Å². The minimum absolute atomic E-state index is 0.0685. The van der Waals surface area contributed by atoms with Gasteiger partial charge < -0.3 is 10.6 Å². The van der Waals surface area contributed by atoms with Crippen LogP contribution < -0.4 is 10.6 Å². The van der Waals surface area contributed by atoms with Crippen LogP contribution in [0.4, 0.5) is 5.13 Å². The number of aromatic nitrogens is 1. The molecule has 162 valence electrons. The second-order valence-electron chi connectivity index (χ2n) is 10.6. The summed E-state index contributed by atoms with van der Waals surface area (Å²) in [5.41, 5.74) is 0.332. The molecule has 6 heteroatoms. The van der Waals surface area contributed by atoms with Gasteiger partial charge in [0, 0.05) is 29.0 Å². The van der Waals surface area contributed by atoms with Crippen LogP contribution in [0.15, 0.2) is 18.3 Å². The number of nitrogens with one attached hydrogen (secondary N) is 2. The molecule has 3 fully saturated rings. The van der Waals surface area contributed by atoms with Crippen molar-refractivity contribution in [1.82, 2.24) is 10.3 Å². The predicted molar refractivity (Wildman–Crippen MR) is 119 cm³/mol. The molecule has 4 aliphatic rings. The fraction of sp³-hybridized carbons (Fsp3) is 0.708. The van der Waals surface area contributed by atoms with Crippen molar-refractivity contribution in [2.24, 2.45) is 34.5 Å². The lowest BCUT2D eigenvalue weighted by atomic mass is 9.48. The Morgan fingerprint density at radius 3 is 2.83 bits per heavy atom. The molecule has 0 unspecified atom stereocenters. The number of aryl methyl sites for hydroxylation is 1. The van der Waals surface area contributed by atoms with Gasteiger partial charge in [0.05, 0.1) is 0 Å². The molecule has 7 atom stereocenters. The molecule has 0 spiro atoms. The zero-order valence-corrected chi connectivity index (χ0v) is 19.1. The second-order valence-corrected chi connectivity index (χ2v) is 11.8. The van der Waals surface area contributed by atoms with Crippen molar-refractivity contribution >= 4 is 28.3 Å². The smallest absolute Gasteiger partial charge is 0.243 e. The number of amides is 2.